The van der Waals surface area contributed by atoms with Crippen LogP contribution < -0.4 is 5.32 Å². The molecule has 0 saturated heterocycles. The van der Waals surface area contributed by atoms with Crippen molar-refractivity contribution < 1.29 is 17.9 Å². The van der Waals surface area contributed by atoms with E-state index in [4.69, 9.17) is 4.52 Å². The zero-order valence-corrected chi connectivity index (χ0v) is 15.7. The molecule has 0 radical (unpaired) electrons. The number of nitrogens with one attached hydrogen (secondary N) is 1. The van der Waals surface area contributed by atoms with Crippen molar-refractivity contribution in [3.05, 3.63) is 53.0 Å². The number of aromatic nitrogens is 2. The van der Waals surface area contributed by atoms with Crippen molar-refractivity contribution in [2.45, 2.75) is 24.9 Å². The number of carbonyl (C=O) groups is 1. The summed E-state index contributed by atoms with van der Waals surface area (Å²) in [6.07, 6.45) is 0. The second kappa shape index (κ2) is 7.88. The van der Waals surface area contributed by atoms with E-state index in [1.54, 1.807) is 37.4 Å². The lowest BCUT2D eigenvalue weighted by molar-refractivity contribution is -0.115. The van der Waals surface area contributed by atoms with Gasteiger partial charge in [-0.25, -0.2) is 9.37 Å². The minimum atomic E-state index is -1.45. The Bertz CT molecular complexity index is 937. The van der Waals surface area contributed by atoms with Crippen LogP contribution >= 0.6 is 11.3 Å². The molecule has 3 rings (SSSR count). The molecule has 1 aromatic carbocycles. The van der Waals surface area contributed by atoms with Gasteiger partial charge in [-0.05, 0) is 38.1 Å². The molecule has 0 unspecified atom stereocenters. The number of benzene rings is 1. The van der Waals surface area contributed by atoms with Gasteiger partial charge in [-0.2, -0.15) is 0 Å². The van der Waals surface area contributed by atoms with Gasteiger partial charge in [0.1, 0.15) is 21.8 Å². The quantitative estimate of drug-likeness (QED) is 0.693. The van der Waals surface area contributed by atoms with Gasteiger partial charge in [-0.1, -0.05) is 5.16 Å². The number of carbonyl (C=O) groups excluding carboxylic acids is 1. The number of anilines is 1. The number of thiazole rings is 1. The summed E-state index contributed by atoms with van der Waals surface area (Å²) >= 11 is 1.39. The summed E-state index contributed by atoms with van der Waals surface area (Å²) in [7, 11) is -1.45. The molecule has 0 aliphatic rings. The Hall–Kier alpha value is -2.39. The maximum atomic E-state index is 13.0. The van der Waals surface area contributed by atoms with Crippen LogP contribution in [0.1, 0.15) is 18.4 Å². The number of hydrogen-bond donors (Lipinski definition) is 1. The first-order valence-corrected chi connectivity index (χ1v) is 10.0. The van der Waals surface area contributed by atoms with Crippen LogP contribution in [0.15, 0.2) is 40.2 Å². The summed E-state index contributed by atoms with van der Waals surface area (Å²) in [5.74, 6) is 0.317. The molecule has 136 valence electrons. The fourth-order valence-electron chi connectivity index (χ4n) is 2.14. The summed E-state index contributed by atoms with van der Waals surface area (Å²) in [4.78, 5) is 16.6. The van der Waals surface area contributed by atoms with E-state index in [2.05, 4.69) is 15.5 Å². The molecule has 0 spiro atoms. The largest absolute Gasteiger partial charge is 0.360 e. The molecule has 3 aromatic rings. The normalized spacial score (nSPS) is 13.3. The van der Waals surface area contributed by atoms with E-state index < -0.39 is 22.0 Å². The molecule has 0 aliphatic heterocycles. The Balaban J connectivity index is 1.62. The first-order valence-electron chi connectivity index (χ1n) is 7.74. The lowest BCUT2D eigenvalue weighted by atomic mass is 10.2. The molecule has 2 aromatic heterocycles. The number of aryl methyl sites for hydroxylation is 1. The van der Waals surface area contributed by atoms with Crippen LogP contribution in [-0.4, -0.2) is 25.5 Å². The first-order chi connectivity index (χ1) is 12.4. The van der Waals surface area contributed by atoms with Crippen molar-refractivity contribution in [3.63, 3.8) is 0 Å². The van der Waals surface area contributed by atoms with E-state index in [9.17, 15) is 13.4 Å². The molecule has 0 bridgehead atoms. The van der Waals surface area contributed by atoms with Crippen LogP contribution in [0.5, 0.6) is 0 Å². The minimum absolute atomic E-state index is 0.157. The number of nitrogens with zero attached hydrogens (tertiary/aromatic N) is 2. The van der Waals surface area contributed by atoms with Crippen molar-refractivity contribution in [1.29, 1.82) is 0 Å². The zero-order chi connectivity index (χ0) is 18.7. The number of halogens is 1. The summed E-state index contributed by atoms with van der Waals surface area (Å²) in [5.41, 5.74) is 1.42. The number of hydrogen-bond acceptors (Lipinski definition) is 6. The van der Waals surface area contributed by atoms with Gasteiger partial charge in [0.05, 0.1) is 11.4 Å². The Morgan fingerprint density at radius 1 is 1.38 bits per heavy atom. The van der Waals surface area contributed by atoms with E-state index in [0.29, 0.717) is 22.3 Å². The highest BCUT2D eigenvalue weighted by Crippen LogP contribution is 2.24. The minimum Gasteiger partial charge on any atom is -0.360 e. The van der Waals surface area contributed by atoms with Crippen molar-refractivity contribution in [2.24, 2.45) is 0 Å². The maximum Gasteiger partial charge on any atom is 0.241 e. The van der Waals surface area contributed by atoms with E-state index in [1.165, 1.54) is 23.5 Å². The number of amides is 1. The average Bonchev–Trinajstić information content (AvgIpc) is 3.24. The van der Waals surface area contributed by atoms with Gasteiger partial charge >= 0.3 is 0 Å². The predicted molar refractivity (Wildman–Crippen MR) is 98.7 cm³/mol. The molecule has 1 N–H and O–H groups in total. The van der Waals surface area contributed by atoms with Gasteiger partial charge in [0.25, 0.3) is 0 Å². The average molecular weight is 393 g/mol. The van der Waals surface area contributed by atoms with Gasteiger partial charge in [-0.15, -0.1) is 11.3 Å². The smallest absolute Gasteiger partial charge is 0.241 e. The van der Waals surface area contributed by atoms with Gasteiger partial charge in [0, 0.05) is 27.8 Å². The third-order valence-corrected chi connectivity index (χ3v) is 6.10. The van der Waals surface area contributed by atoms with Crippen LogP contribution in [0.2, 0.25) is 0 Å². The van der Waals surface area contributed by atoms with Crippen molar-refractivity contribution in [3.8, 4) is 10.6 Å². The predicted octanol–water partition coefficient (Wildman–Crippen LogP) is 3.52. The highest BCUT2D eigenvalue weighted by atomic mass is 32.2. The molecule has 6 nitrogen and oxygen atoms in total. The highest BCUT2D eigenvalue weighted by Gasteiger charge is 2.22. The summed E-state index contributed by atoms with van der Waals surface area (Å²) in [6, 6.07) is 7.61. The van der Waals surface area contributed by atoms with Gasteiger partial charge in [0.2, 0.25) is 5.91 Å². The van der Waals surface area contributed by atoms with Crippen molar-refractivity contribution in [2.75, 3.05) is 5.32 Å². The Labute approximate surface area is 155 Å². The molecule has 0 saturated carbocycles. The SMILES string of the molecule is Cc1cc(NC(=O)[C@H](C)[S@@](=O)Cc2csc(-c3ccc(F)cc3)n2)no1. The second-order valence-electron chi connectivity index (χ2n) is 5.63. The van der Waals surface area contributed by atoms with Crippen LogP contribution in [0, 0.1) is 12.7 Å². The second-order valence-corrected chi connectivity index (χ2v) is 8.25. The van der Waals surface area contributed by atoms with Gasteiger partial charge in [-0.3, -0.25) is 9.00 Å². The van der Waals surface area contributed by atoms with E-state index >= 15 is 0 Å². The Morgan fingerprint density at radius 3 is 2.77 bits per heavy atom. The van der Waals surface area contributed by atoms with Crippen molar-refractivity contribution >= 4 is 33.9 Å². The zero-order valence-electron chi connectivity index (χ0n) is 14.1. The molecule has 0 fully saturated rings. The summed E-state index contributed by atoms with van der Waals surface area (Å²) < 4.78 is 30.3. The van der Waals surface area contributed by atoms with Crippen molar-refractivity contribution in [1.82, 2.24) is 10.1 Å². The summed E-state index contributed by atoms with van der Waals surface area (Å²) in [6.45, 7) is 3.30. The van der Waals surface area contributed by atoms with E-state index in [1.807, 2.05) is 0 Å². The molecule has 9 heteroatoms. The molecule has 0 aliphatic carbocycles. The molecule has 2 atom stereocenters. The topological polar surface area (TPSA) is 85.1 Å². The van der Waals surface area contributed by atoms with E-state index in [-0.39, 0.29) is 11.6 Å². The third kappa shape index (κ3) is 4.41. The standard InChI is InChI=1S/C17H16FN3O3S2/c1-10-7-15(21-24-10)20-16(22)11(2)26(23)9-14-8-25-17(19-14)12-3-5-13(18)6-4-12/h3-8,11H,9H2,1-2H3,(H,20,21,22)/t11-,26-/m0/s1. The fourth-order valence-corrected chi connectivity index (χ4v) is 4.06. The lowest BCUT2D eigenvalue weighted by Gasteiger charge is -2.09. The molecule has 26 heavy (non-hydrogen) atoms. The number of rotatable bonds is 6. The monoisotopic (exact) mass is 393 g/mol. The van der Waals surface area contributed by atoms with Gasteiger partial charge in [0.15, 0.2) is 5.82 Å². The Kier molecular flexibility index (Phi) is 5.58. The fraction of sp³-hybridized carbons (Fsp3) is 0.235. The van der Waals surface area contributed by atoms with Crippen LogP contribution in [0.3, 0.4) is 0 Å². The van der Waals surface area contributed by atoms with E-state index in [0.717, 1.165) is 5.56 Å². The lowest BCUT2D eigenvalue weighted by Crippen LogP contribution is -2.29. The first kappa shape index (κ1) is 18.4. The van der Waals surface area contributed by atoms with Crippen LogP contribution in [0.4, 0.5) is 10.2 Å². The molecule has 2 heterocycles. The van der Waals surface area contributed by atoms with Crippen LogP contribution in [-0.2, 0) is 21.3 Å². The molecular formula is C17H16FN3O3S2. The maximum absolute atomic E-state index is 13.0. The third-order valence-electron chi connectivity index (χ3n) is 3.58. The van der Waals surface area contributed by atoms with Gasteiger partial charge < -0.3 is 9.84 Å². The highest BCUT2D eigenvalue weighted by molar-refractivity contribution is 7.85. The van der Waals surface area contributed by atoms with Crippen LogP contribution in [0.25, 0.3) is 10.6 Å². The Morgan fingerprint density at radius 2 is 2.12 bits per heavy atom. The molecule has 1 amide bonds. The summed E-state index contributed by atoms with van der Waals surface area (Å²) in [5, 5.41) is 8.03. The molecular weight excluding hydrogens is 377 g/mol.